The molecule has 1 unspecified atom stereocenters. The first-order chi connectivity index (χ1) is 28.9. The molecule has 4 heterocycles. The van der Waals surface area contributed by atoms with E-state index in [-0.39, 0.29) is 42.7 Å². The second kappa shape index (κ2) is 17.6. The number of rotatable bonds is 12. The van der Waals surface area contributed by atoms with Crippen molar-refractivity contribution in [2.24, 2.45) is 17.8 Å². The van der Waals surface area contributed by atoms with E-state index in [1.54, 1.807) is 25.3 Å². The first-order valence-corrected chi connectivity index (χ1v) is 21.8. The van der Waals surface area contributed by atoms with E-state index >= 15 is 0 Å². The van der Waals surface area contributed by atoms with E-state index in [4.69, 9.17) is 39.9 Å². The van der Waals surface area contributed by atoms with Crippen LogP contribution in [0.5, 0.6) is 11.5 Å². The van der Waals surface area contributed by atoms with Crippen LogP contribution < -0.4 is 25.4 Å². The number of carboxylic acids is 1. The number of carbonyl (C=O) groups is 4. The summed E-state index contributed by atoms with van der Waals surface area (Å²) < 4.78 is 29.3. The van der Waals surface area contributed by atoms with Gasteiger partial charge in [-0.25, -0.2) is 14.6 Å². The smallest absolute Gasteiger partial charge is 0.408 e. The molecule has 17 heteroatoms. The summed E-state index contributed by atoms with van der Waals surface area (Å²) >= 11 is 6.95. The minimum absolute atomic E-state index is 0.0167. The second-order valence-electron chi connectivity index (χ2n) is 17.4. The van der Waals surface area contributed by atoms with Crippen molar-refractivity contribution in [1.82, 2.24) is 25.5 Å². The number of methoxy groups -OCH3 is 1. The minimum atomic E-state index is -1.40. The normalized spacial score (nSPS) is 29.1. The van der Waals surface area contributed by atoms with E-state index in [1.165, 1.54) is 17.6 Å². The van der Waals surface area contributed by atoms with Crippen molar-refractivity contribution in [1.29, 1.82) is 0 Å². The van der Waals surface area contributed by atoms with Gasteiger partial charge in [0.25, 0.3) is 6.01 Å². The highest BCUT2D eigenvalue weighted by atomic mass is 35.5. The number of alkyl carbamates (subject to hydrolysis) is 1. The summed E-state index contributed by atoms with van der Waals surface area (Å²) in [5, 5.41) is 20.0. The number of pyridine rings is 1. The van der Waals surface area contributed by atoms with Gasteiger partial charge in [0.2, 0.25) is 11.8 Å². The molecule has 8 atom stereocenters. The number of oxazole rings is 1. The third-order valence-corrected chi connectivity index (χ3v) is 13.0. The molecule has 3 saturated carbocycles. The number of benzene rings is 1. The summed E-state index contributed by atoms with van der Waals surface area (Å²) in [4.78, 5) is 65.9. The van der Waals surface area contributed by atoms with Gasteiger partial charge < -0.3 is 49.3 Å². The fourth-order valence-corrected chi connectivity index (χ4v) is 9.56. The van der Waals surface area contributed by atoms with Crippen LogP contribution in [0, 0.1) is 17.8 Å². The fourth-order valence-electron chi connectivity index (χ4n) is 9.30. The molecular weight excluding hydrogens is 796 g/mol. The number of amides is 3. The standard InChI is InChI=1S/C43H55ClN6O10/c1-23(2)45-41-47-32(22-58-41)31-19-35(29-11-12-34(57-14-13-56-3)36(44)37(29)46-31)59-28-18-33-38(51)49-43(40(53)54)20-26(43)9-7-5-4-6-8-10-30(39(52)50(33)21-28)48-42(55)60-27-16-24-15-25(24)17-27/h11-12,19,22-28,30,33H,4-10,13-18,20-21H2,1-3H3,(H,45,47)(H,48,55)(H,49,51)(H,53,54)/t24-,25+,26-,27?,28-,30+,33+,43-/m1/s1. The van der Waals surface area contributed by atoms with Gasteiger partial charge in [-0.3, -0.25) is 9.59 Å². The summed E-state index contributed by atoms with van der Waals surface area (Å²) in [5.74, 6) is -0.337. The van der Waals surface area contributed by atoms with E-state index in [0.717, 1.165) is 38.5 Å². The molecule has 8 rings (SSSR count). The number of hydrogen-bond donors (Lipinski definition) is 4. The Hall–Kier alpha value is -4.83. The molecule has 3 aliphatic carbocycles. The van der Waals surface area contributed by atoms with E-state index in [2.05, 4.69) is 20.9 Å². The van der Waals surface area contributed by atoms with Gasteiger partial charge in [-0.2, -0.15) is 4.98 Å². The van der Waals surface area contributed by atoms with Crippen molar-refractivity contribution in [2.75, 3.05) is 32.2 Å². The summed E-state index contributed by atoms with van der Waals surface area (Å²) in [5.41, 5.74) is -0.229. The third kappa shape index (κ3) is 9.09. The summed E-state index contributed by atoms with van der Waals surface area (Å²) in [6.07, 6.45) is 8.38. The quantitative estimate of drug-likeness (QED) is 0.147. The molecule has 5 fully saturated rings. The highest BCUT2D eigenvalue weighted by molar-refractivity contribution is 6.36. The molecule has 60 heavy (non-hydrogen) atoms. The van der Waals surface area contributed by atoms with Crippen LogP contribution >= 0.6 is 11.6 Å². The van der Waals surface area contributed by atoms with Crippen molar-refractivity contribution in [3.05, 3.63) is 29.5 Å². The Morgan fingerprint density at radius 1 is 1.00 bits per heavy atom. The maximum atomic E-state index is 14.7. The minimum Gasteiger partial charge on any atom is -0.490 e. The summed E-state index contributed by atoms with van der Waals surface area (Å²) in [6.45, 7) is 4.51. The average molecular weight is 851 g/mol. The van der Waals surface area contributed by atoms with Crippen LogP contribution in [-0.2, 0) is 23.9 Å². The molecule has 0 radical (unpaired) electrons. The van der Waals surface area contributed by atoms with Crippen molar-refractivity contribution in [2.45, 2.75) is 127 Å². The molecule has 324 valence electrons. The summed E-state index contributed by atoms with van der Waals surface area (Å²) in [7, 11) is 1.57. The van der Waals surface area contributed by atoms with Gasteiger partial charge in [0, 0.05) is 31.0 Å². The van der Waals surface area contributed by atoms with Crippen LogP contribution in [0.1, 0.15) is 90.9 Å². The number of nitrogens with zero attached hydrogens (tertiary/aromatic N) is 3. The number of carboxylic acid groups (broad SMARTS) is 1. The monoisotopic (exact) mass is 850 g/mol. The van der Waals surface area contributed by atoms with Crippen LogP contribution in [0.2, 0.25) is 5.02 Å². The lowest BCUT2D eigenvalue weighted by molar-refractivity contribution is -0.146. The molecule has 3 amide bonds. The van der Waals surface area contributed by atoms with Gasteiger partial charge in [-0.15, -0.1) is 0 Å². The molecule has 3 aromatic rings. The van der Waals surface area contributed by atoms with Gasteiger partial charge in [-0.1, -0.05) is 43.7 Å². The van der Waals surface area contributed by atoms with Crippen LogP contribution in [0.4, 0.5) is 10.8 Å². The number of ether oxygens (including phenoxy) is 4. The Bertz CT molecular complexity index is 2090. The first kappa shape index (κ1) is 41.9. The average Bonchev–Trinajstić information content (AvgIpc) is 3.86. The zero-order valence-electron chi connectivity index (χ0n) is 34.4. The molecular formula is C43H55ClN6O10. The Balaban J connectivity index is 1.10. The van der Waals surface area contributed by atoms with Crippen LogP contribution in [0.3, 0.4) is 0 Å². The van der Waals surface area contributed by atoms with Crippen LogP contribution in [0.15, 0.2) is 28.9 Å². The van der Waals surface area contributed by atoms with Crippen molar-refractivity contribution in [3.8, 4) is 22.9 Å². The van der Waals surface area contributed by atoms with E-state index in [0.29, 0.717) is 83.9 Å². The lowest BCUT2D eigenvalue weighted by Crippen LogP contribution is -2.56. The highest BCUT2D eigenvalue weighted by Gasteiger charge is 2.62. The molecule has 1 aromatic carbocycles. The zero-order chi connectivity index (χ0) is 42.1. The fraction of sp³-hybridized carbons (Fsp3) is 0.628. The van der Waals surface area contributed by atoms with Crippen molar-refractivity contribution in [3.63, 3.8) is 0 Å². The number of anilines is 1. The molecule has 2 saturated heterocycles. The van der Waals surface area contributed by atoms with E-state index < -0.39 is 47.6 Å². The lowest BCUT2D eigenvalue weighted by Gasteiger charge is -2.29. The Kier molecular flexibility index (Phi) is 12.3. The molecule has 16 nitrogen and oxygen atoms in total. The second-order valence-corrected chi connectivity index (χ2v) is 17.8. The van der Waals surface area contributed by atoms with E-state index in [1.807, 2.05) is 13.8 Å². The maximum Gasteiger partial charge on any atom is 0.408 e. The molecule has 0 spiro atoms. The number of carbonyl (C=O) groups excluding carboxylic acids is 3. The Labute approximate surface area is 353 Å². The van der Waals surface area contributed by atoms with E-state index in [9.17, 15) is 24.3 Å². The largest absolute Gasteiger partial charge is 0.490 e. The molecule has 2 aliphatic heterocycles. The highest BCUT2D eigenvalue weighted by Crippen LogP contribution is 2.52. The van der Waals surface area contributed by atoms with Crippen LogP contribution in [-0.4, -0.2) is 107 Å². The summed E-state index contributed by atoms with van der Waals surface area (Å²) in [6, 6.07) is 3.53. The molecule has 4 N–H and O–H groups in total. The van der Waals surface area contributed by atoms with Crippen molar-refractivity contribution < 1.29 is 47.6 Å². The number of nitrogens with one attached hydrogen (secondary N) is 3. The predicted molar refractivity (Wildman–Crippen MR) is 220 cm³/mol. The van der Waals surface area contributed by atoms with Crippen molar-refractivity contribution >= 4 is 52.4 Å². The Morgan fingerprint density at radius 3 is 2.52 bits per heavy atom. The SMILES string of the molecule is COCCOc1ccc2c(O[C@@H]3C[C@H]4C(=O)N[C@]5(C(=O)O)C[C@H]5CCCCCCC[C@H](NC(=O)OC5C[C@@H]6C[C@@H]6C5)C(=O)N4C3)cc(-c3coc(NC(C)C)n3)nc2c1Cl. The van der Waals surface area contributed by atoms with Gasteiger partial charge in [-0.05, 0) is 82.3 Å². The van der Waals surface area contributed by atoms with Gasteiger partial charge in [0.05, 0.1) is 24.4 Å². The number of aromatic nitrogens is 2. The number of fused-ring (bicyclic) bond motifs is 4. The Morgan fingerprint density at radius 2 is 1.77 bits per heavy atom. The van der Waals surface area contributed by atoms with Gasteiger partial charge >= 0.3 is 12.1 Å². The van der Waals surface area contributed by atoms with Gasteiger partial charge in [0.15, 0.2) is 0 Å². The topological polar surface area (TPSA) is 204 Å². The van der Waals surface area contributed by atoms with Gasteiger partial charge in [0.1, 0.15) is 64.9 Å². The van der Waals surface area contributed by atoms with Crippen LogP contribution in [0.25, 0.3) is 22.3 Å². The predicted octanol–water partition coefficient (Wildman–Crippen LogP) is 6.33. The molecule has 0 bridgehead atoms. The maximum absolute atomic E-state index is 14.7. The molecule has 2 aromatic heterocycles. The number of aliphatic carboxylic acids is 1. The number of hydrogen-bond acceptors (Lipinski definition) is 12. The first-order valence-electron chi connectivity index (χ1n) is 21.4. The molecule has 5 aliphatic rings. The number of halogens is 1. The zero-order valence-corrected chi connectivity index (χ0v) is 35.1. The lowest BCUT2D eigenvalue weighted by atomic mass is 10.0. The third-order valence-electron chi connectivity index (χ3n) is 12.7.